The SMILES string of the molecule is COCCN(CCOC)c1nc(C(C)C)nc(N)c1C. The van der Waals surface area contributed by atoms with E-state index in [1.807, 2.05) is 6.92 Å². The molecule has 0 aliphatic carbocycles. The summed E-state index contributed by atoms with van der Waals surface area (Å²) in [5.41, 5.74) is 6.92. The minimum atomic E-state index is 0.239. The van der Waals surface area contributed by atoms with Gasteiger partial charge in [0.25, 0.3) is 0 Å². The van der Waals surface area contributed by atoms with E-state index in [1.54, 1.807) is 14.2 Å². The maximum absolute atomic E-state index is 6.01. The molecule has 6 nitrogen and oxygen atoms in total. The normalized spacial score (nSPS) is 11.1. The summed E-state index contributed by atoms with van der Waals surface area (Å²) in [4.78, 5) is 11.1. The van der Waals surface area contributed by atoms with Gasteiger partial charge in [-0.3, -0.25) is 0 Å². The number of nitrogens with two attached hydrogens (primary N) is 1. The molecule has 2 N–H and O–H groups in total. The number of methoxy groups -OCH3 is 2. The van der Waals surface area contributed by atoms with Crippen molar-refractivity contribution < 1.29 is 9.47 Å². The monoisotopic (exact) mass is 282 g/mol. The predicted molar refractivity (Wildman–Crippen MR) is 81.2 cm³/mol. The van der Waals surface area contributed by atoms with Crippen LogP contribution in [0, 0.1) is 6.92 Å². The average molecular weight is 282 g/mol. The van der Waals surface area contributed by atoms with E-state index < -0.39 is 0 Å². The van der Waals surface area contributed by atoms with Crippen LogP contribution in [0.25, 0.3) is 0 Å². The summed E-state index contributed by atoms with van der Waals surface area (Å²) >= 11 is 0. The van der Waals surface area contributed by atoms with Gasteiger partial charge in [-0.2, -0.15) is 0 Å². The van der Waals surface area contributed by atoms with Crippen LogP contribution in [0.2, 0.25) is 0 Å². The number of hydrogen-bond donors (Lipinski definition) is 1. The van der Waals surface area contributed by atoms with Crippen molar-refractivity contribution in [3.63, 3.8) is 0 Å². The van der Waals surface area contributed by atoms with E-state index in [0.717, 1.165) is 30.3 Å². The Bertz CT molecular complexity index is 416. The third-order valence-corrected chi connectivity index (χ3v) is 3.12. The van der Waals surface area contributed by atoms with Crippen LogP contribution < -0.4 is 10.6 Å². The smallest absolute Gasteiger partial charge is 0.137 e. The second-order valence-corrected chi connectivity index (χ2v) is 5.04. The Balaban J connectivity index is 3.09. The molecular formula is C14H26N4O2. The van der Waals surface area contributed by atoms with Gasteiger partial charge in [0.1, 0.15) is 17.5 Å². The third kappa shape index (κ3) is 4.31. The van der Waals surface area contributed by atoms with Crippen LogP contribution in [0.4, 0.5) is 11.6 Å². The molecule has 1 aromatic heterocycles. The van der Waals surface area contributed by atoms with Crippen LogP contribution in [0.3, 0.4) is 0 Å². The standard InChI is InChI=1S/C14H26N4O2/c1-10(2)13-16-12(15)11(3)14(17-13)18(6-8-19-4)7-9-20-5/h10H,6-9H2,1-5H3,(H2,15,16,17). The molecule has 0 amide bonds. The molecule has 0 aromatic carbocycles. The molecule has 0 atom stereocenters. The van der Waals surface area contributed by atoms with E-state index in [-0.39, 0.29) is 5.92 Å². The van der Waals surface area contributed by atoms with Gasteiger partial charge in [0.05, 0.1) is 13.2 Å². The van der Waals surface area contributed by atoms with E-state index in [4.69, 9.17) is 15.2 Å². The second-order valence-electron chi connectivity index (χ2n) is 5.04. The van der Waals surface area contributed by atoms with Gasteiger partial charge in [0.15, 0.2) is 0 Å². The van der Waals surface area contributed by atoms with E-state index >= 15 is 0 Å². The van der Waals surface area contributed by atoms with Crippen molar-refractivity contribution in [1.29, 1.82) is 0 Å². The third-order valence-electron chi connectivity index (χ3n) is 3.12. The lowest BCUT2D eigenvalue weighted by Crippen LogP contribution is -2.32. The Hall–Kier alpha value is -1.40. The number of aromatic nitrogens is 2. The predicted octanol–water partition coefficient (Wildman–Crippen LogP) is 1.59. The topological polar surface area (TPSA) is 73.5 Å². The largest absolute Gasteiger partial charge is 0.383 e. The summed E-state index contributed by atoms with van der Waals surface area (Å²) in [6, 6.07) is 0. The van der Waals surface area contributed by atoms with Crippen molar-refractivity contribution in [2.24, 2.45) is 0 Å². The molecule has 114 valence electrons. The number of rotatable bonds is 8. The van der Waals surface area contributed by atoms with Gasteiger partial charge in [-0.05, 0) is 6.92 Å². The molecule has 0 fully saturated rings. The highest BCUT2D eigenvalue weighted by Gasteiger charge is 2.16. The molecule has 0 radical (unpaired) electrons. The van der Waals surface area contributed by atoms with Gasteiger partial charge in [0, 0.05) is 38.8 Å². The number of nitrogens with zero attached hydrogens (tertiary/aromatic N) is 3. The summed E-state index contributed by atoms with van der Waals surface area (Å²) in [6.07, 6.45) is 0. The first kappa shape index (κ1) is 16.7. The zero-order valence-corrected chi connectivity index (χ0v) is 13.1. The first-order valence-corrected chi connectivity index (χ1v) is 6.88. The molecule has 0 unspecified atom stereocenters. The highest BCUT2D eigenvalue weighted by atomic mass is 16.5. The van der Waals surface area contributed by atoms with Gasteiger partial charge in [-0.15, -0.1) is 0 Å². The molecule has 0 saturated heterocycles. The fraction of sp³-hybridized carbons (Fsp3) is 0.714. The van der Waals surface area contributed by atoms with Crippen LogP contribution in [0.1, 0.15) is 31.2 Å². The Kier molecular flexibility index (Phi) is 6.67. The molecule has 1 aromatic rings. The van der Waals surface area contributed by atoms with E-state index in [2.05, 4.69) is 28.7 Å². The number of ether oxygens (including phenoxy) is 2. The highest BCUT2D eigenvalue weighted by molar-refractivity contribution is 5.56. The molecule has 6 heteroatoms. The maximum atomic E-state index is 6.01. The van der Waals surface area contributed by atoms with Gasteiger partial charge in [-0.1, -0.05) is 13.8 Å². The molecule has 0 aliphatic rings. The van der Waals surface area contributed by atoms with Crippen molar-refractivity contribution in [2.45, 2.75) is 26.7 Å². The minimum absolute atomic E-state index is 0.239. The number of anilines is 2. The summed E-state index contributed by atoms with van der Waals surface area (Å²) in [5, 5.41) is 0. The van der Waals surface area contributed by atoms with Crippen LogP contribution in [0.5, 0.6) is 0 Å². The minimum Gasteiger partial charge on any atom is -0.383 e. The van der Waals surface area contributed by atoms with Crippen LogP contribution in [-0.4, -0.2) is 50.5 Å². The van der Waals surface area contributed by atoms with Crippen molar-refractivity contribution >= 4 is 11.6 Å². The molecule has 1 rings (SSSR count). The van der Waals surface area contributed by atoms with Crippen LogP contribution >= 0.6 is 0 Å². The zero-order valence-electron chi connectivity index (χ0n) is 13.1. The first-order valence-electron chi connectivity index (χ1n) is 6.88. The summed E-state index contributed by atoms with van der Waals surface area (Å²) in [6.45, 7) is 8.81. The van der Waals surface area contributed by atoms with Gasteiger partial charge >= 0.3 is 0 Å². The number of hydrogen-bond acceptors (Lipinski definition) is 6. The lowest BCUT2D eigenvalue weighted by molar-refractivity contribution is 0.190. The highest BCUT2D eigenvalue weighted by Crippen LogP contribution is 2.24. The van der Waals surface area contributed by atoms with Gasteiger partial charge in [0.2, 0.25) is 0 Å². The average Bonchev–Trinajstić information content (AvgIpc) is 2.42. The Morgan fingerprint density at radius 2 is 1.65 bits per heavy atom. The molecule has 0 aliphatic heterocycles. The summed E-state index contributed by atoms with van der Waals surface area (Å²) < 4.78 is 10.3. The molecular weight excluding hydrogens is 256 g/mol. The molecule has 20 heavy (non-hydrogen) atoms. The molecule has 0 saturated carbocycles. The number of nitrogen functional groups attached to an aromatic ring is 1. The summed E-state index contributed by atoms with van der Waals surface area (Å²) in [5.74, 6) is 2.42. The maximum Gasteiger partial charge on any atom is 0.137 e. The van der Waals surface area contributed by atoms with Crippen molar-refractivity contribution in [1.82, 2.24) is 9.97 Å². The Morgan fingerprint density at radius 1 is 1.10 bits per heavy atom. The Labute approximate surface area is 121 Å². The van der Waals surface area contributed by atoms with E-state index in [9.17, 15) is 0 Å². The first-order chi connectivity index (χ1) is 9.51. The van der Waals surface area contributed by atoms with Crippen molar-refractivity contribution in [2.75, 3.05) is 51.2 Å². The fourth-order valence-corrected chi connectivity index (χ4v) is 1.83. The summed E-state index contributed by atoms with van der Waals surface area (Å²) in [7, 11) is 3.38. The van der Waals surface area contributed by atoms with Crippen LogP contribution in [-0.2, 0) is 9.47 Å². The lowest BCUT2D eigenvalue weighted by Gasteiger charge is -2.26. The van der Waals surface area contributed by atoms with Gasteiger partial charge < -0.3 is 20.1 Å². The fourth-order valence-electron chi connectivity index (χ4n) is 1.83. The van der Waals surface area contributed by atoms with Crippen molar-refractivity contribution in [3.05, 3.63) is 11.4 Å². The van der Waals surface area contributed by atoms with Crippen molar-refractivity contribution in [3.8, 4) is 0 Å². The second kappa shape index (κ2) is 8.01. The van der Waals surface area contributed by atoms with E-state index in [1.165, 1.54) is 0 Å². The van der Waals surface area contributed by atoms with E-state index in [0.29, 0.717) is 19.0 Å². The molecule has 0 bridgehead atoms. The van der Waals surface area contributed by atoms with Gasteiger partial charge in [-0.25, -0.2) is 9.97 Å². The van der Waals surface area contributed by atoms with Crippen LogP contribution in [0.15, 0.2) is 0 Å². The molecule has 0 spiro atoms. The quantitative estimate of drug-likeness (QED) is 0.780. The molecule has 1 heterocycles. The zero-order chi connectivity index (χ0) is 15.1. The Morgan fingerprint density at radius 3 is 2.10 bits per heavy atom. The lowest BCUT2D eigenvalue weighted by atomic mass is 10.2.